The van der Waals surface area contributed by atoms with Crippen molar-refractivity contribution in [1.82, 2.24) is 10.3 Å². The van der Waals surface area contributed by atoms with Gasteiger partial charge in [-0.3, -0.25) is 9.78 Å². The summed E-state index contributed by atoms with van der Waals surface area (Å²) in [6.07, 6.45) is 4.79. The van der Waals surface area contributed by atoms with Crippen LogP contribution in [-0.2, 0) is 6.42 Å². The van der Waals surface area contributed by atoms with E-state index in [1.807, 2.05) is 18.2 Å². The lowest BCUT2D eigenvalue weighted by Gasteiger charge is -2.09. The zero-order valence-corrected chi connectivity index (χ0v) is 15.7. The van der Waals surface area contributed by atoms with E-state index < -0.39 is 0 Å². The minimum atomic E-state index is -0.0971. The van der Waals surface area contributed by atoms with Gasteiger partial charge in [-0.25, -0.2) is 0 Å². The molecule has 6 heteroatoms. The molecular formula is C19H19ClN2O2S. The fourth-order valence-electron chi connectivity index (χ4n) is 2.52. The Labute approximate surface area is 155 Å². The molecule has 0 bridgehead atoms. The zero-order valence-electron chi connectivity index (χ0n) is 14.1. The molecule has 25 heavy (non-hydrogen) atoms. The van der Waals surface area contributed by atoms with Crippen LogP contribution >= 0.6 is 22.9 Å². The summed E-state index contributed by atoms with van der Waals surface area (Å²) >= 11 is 7.38. The standard InChI is InChI=1S/C19H19ClN2O2S/c1-3-4-5-15-18-14(10-17(25-18)19(23)21-2)16(11-22-15)24-13-8-6-12(20)7-9-13/h6-11H,3-5H2,1-2H3,(H,21,23). The average molecular weight is 375 g/mol. The molecule has 0 saturated heterocycles. The Kier molecular flexibility index (Phi) is 5.56. The second-order valence-electron chi connectivity index (χ2n) is 5.66. The van der Waals surface area contributed by atoms with E-state index in [9.17, 15) is 4.79 Å². The van der Waals surface area contributed by atoms with Gasteiger partial charge in [-0.1, -0.05) is 24.9 Å². The van der Waals surface area contributed by atoms with Gasteiger partial charge in [0.1, 0.15) is 5.75 Å². The van der Waals surface area contributed by atoms with Crippen LogP contribution in [-0.4, -0.2) is 17.9 Å². The number of fused-ring (bicyclic) bond motifs is 1. The zero-order chi connectivity index (χ0) is 17.8. The highest BCUT2D eigenvalue weighted by Gasteiger charge is 2.16. The number of aryl methyl sites for hydroxylation is 1. The van der Waals surface area contributed by atoms with E-state index in [1.54, 1.807) is 25.4 Å². The molecule has 0 radical (unpaired) electrons. The number of rotatable bonds is 6. The topological polar surface area (TPSA) is 51.2 Å². The molecule has 0 saturated carbocycles. The number of nitrogens with zero attached hydrogens (tertiary/aromatic N) is 1. The molecule has 1 aromatic carbocycles. The van der Waals surface area contributed by atoms with Crippen molar-refractivity contribution in [2.75, 3.05) is 7.05 Å². The van der Waals surface area contributed by atoms with Gasteiger partial charge in [-0.15, -0.1) is 11.3 Å². The first kappa shape index (κ1) is 17.7. The van der Waals surface area contributed by atoms with Crippen LogP contribution in [0.1, 0.15) is 35.1 Å². The van der Waals surface area contributed by atoms with Crippen molar-refractivity contribution >= 4 is 38.9 Å². The van der Waals surface area contributed by atoms with Crippen molar-refractivity contribution in [3.05, 3.63) is 52.1 Å². The summed E-state index contributed by atoms with van der Waals surface area (Å²) in [6.45, 7) is 2.15. The van der Waals surface area contributed by atoms with E-state index in [2.05, 4.69) is 17.2 Å². The maximum absolute atomic E-state index is 12.0. The highest BCUT2D eigenvalue weighted by Crippen LogP contribution is 2.37. The Hall–Kier alpha value is -2.11. The van der Waals surface area contributed by atoms with Crippen molar-refractivity contribution in [2.45, 2.75) is 26.2 Å². The quantitative estimate of drug-likeness (QED) is 0.624. The predicted molar refractivity (Wildman–Crippen MR) is 103 cm³/mol. The van der Waals surface area contributed by atoms with Crippen LogP contribution in [0.3, 0.4) is 0 Å². The average Bonchev–Trinajstić information content (AvgIpc) is 3.08. The summed E-state index contributed by atoms with van der Waals surface area (Å²) in [5.41, 5.74) is 1.01. The molecular weight excluding hydrogens is 356 g/mol. The summed E-state index contributed by atoms with van der Waals surface area (Å²) in [4.78, 5) is 17.3. The molecule has 0 unspecified atom stereocenters. The van der Waals surface area contributed by atoms with E-state index in [4.69, 9.17) is 16.3 Å². The third-order valence-electron chi connectivity index (χ3n) is 3.86. The molecule has 1 N–H and O–H groups in total. The number of hydrogen-bond donors (Lipinski definition) is 1. The van der Waals surface area contributed by atoms with Gasteiger partial charge in [0.05, 0.1) is 21.5 Å². The van der Waals surface area contributed by atoms with Gasteiger partial charge in [0.25, 0.3) is 5.91 Å². The smallest absolute Gasteiger partial charge is 0.261 e. The van der Waals surface area contributed by atoms with Gasteiger partial charge in [0, 0.05) is 17.5 Å². The predicted octanol–water partition coefficient (Wildman–Crippen LogP) is 5.44. The van der Waals surface area contributed by atoms with Crippen LogP contribution in [0.4, 0.5) is 0 Å². The van der Waals surface area contributed by atoms with Gasteiger partial charge < -0.3 is 10.1 Å². The number of aromatic nitrogens is 1. The third-order valence-corrected chi connectivity index (χ3v) is 5.29. The van der Waals surface area contributed by atoms with E-state index >= 15 is 0 Å². The maximum atomic E-state index is 12.0. The first-order valence-electron chi connectivity index (χ1n) is 8.19. The lowest BCUT2D eigenvalue weighted by molar-refractivity contribution is 0.0967. The lowest BCUT2D eigenvalue weighted by Crippen LogP contribution is -2.15. The highest BCUT2D eigenvalue weighted by atomic mass is 35.5. The minimum Gasteiger partial charge on any atom is -0.455 e. The summed E-state index contributed by atoms with van der Waals surface area (Å²) in [5.74, 6) is 1.23. The molecule has 2 aromatic heterocycles. The largest absolute Gasteiger partial charge is 0.455 e. The van der Waals surface area contributed by atoms with Gasteiger partial charge >= 0.3 is 0 Å². The number of carbonyl (C=O) groups is 1. The SMILES string of the molecule is CCCCc1ncc(Oc2ccc(Cl)cc2)c2cc(C(=O)NC)sc12. The lowest BCUT2D eigenvalue weighted by atomic mass is 10.1. The van der Waals surface area contributed by atoms with E-state index in [0.29, 0.717) is 21.4 Å². The van der Waals surface area contributed by atoms with Crippen LogP contribution in [0.5, 0.6) is 11.5 Å². The van der Waals surface area contributed by atoms with Gasteiger partial charge in [0.15, 0.2) is 5.75 Å². The summed E-state index contributed by atoms with van der Waals surface area (Å²) in [6, 6.07) is 9.05. The van der Waals surface area contributed by atoms with Crippen LogP contribution in [0.15, 0.2) is 36.5 Å². The summed E-state index contributed by atoms with van der Waals surface area (Å²) in [7, 11) is 1.63. The molecule has 130 valence electrons. The Morgan fingerprint density at radius 3 is 2.76 bits per heavy atom. The first-order chi connectivity index (χ1) is 12.1. The summed E-state index contributed by atoms with van der Waals surface area (Å²) < 4.78 is 7.00. The van der Waals surface area contributed by atoms with Crippen molar-refractivity contribution in [1.29, 1.82) is 0 Å². The Balaban J connectivity index is 2.04. The fourth-order valence-corrected chi connectivity index (χ4v) is 3.78. The first-order valence-corrected chi connectivity index (χ1v) is 9.38. The van der Waals surface area contributed by atoms with Crippen LogP contribution in [0, 0.1) is 0 Å². The Morgan fingerprint density at radius 1 is 1.32 bits per heavy atom. The maximum Gasteiger partial charge on any atom is 0.261 e. The van der Waals surface area contributed by atoms with Crippen LogP contribution in [0.2, 0.25) is 5.02 Å². The van der Waals surface area contributed by atoms with Crippen molar-refractivity contribution in [2.24, 2.45) is 0 Å². The monoisotopic (exact) mass is 374 g/mol. The summed E-state index contributed by atoms with van der Waals surface area (Å²) in [5, 5.41) is 4.25. The molecule has 0 atom stereocenters. The number of ether oxygens (including phenoxy) is 1. The fraction of sp³-hybridized carbons (Fsp3) is 0.263. The van der Waals surface area contributed by atoms with Crippen molar-refractivity contribution in [3.8, 4) is 11.5 Å². The molecule has 0 aliphatic heterocycles. The van der Waals surface area contributed by atoms with Gasteiger partial charge in [0.2, 0.25) is 0 Å². The van der Waals surface area contributed by atoms with Crippen molar-refractivity contribution < 1.29 is 9.53 Å². The Morgan fingerprint density at radius 2 is 2.08 bits per heavy atom. The second-order valence-corrected chi connectivity index (χ2v) is 7.15. The molecule has 3 rings (SSSR count). The van der Waals surface area contributed by atoms with Gasteiger partial charge in [-0.2, -0.15) is 0 Å². The highest BCUT2D eigenvalue weighted by molar-refractivity contribution is 7.21. The van der Waals surface area contributed by atoms with E-state index in [0.717, 1.165) is 35.0 Å². The molecule has 3 aromatic rings. The number of amides is 1. The number of thiophene rings is 1. The minimum absolute atomic E-state index is 0.0971. The number of carbonyl (C=O) groups excluding carboxylic acids is 1. The number of pyridine rings is 1. The normalized spacial score (nSPS) is 10.8. The molecule has 2 heterocycles. The molecule has 1 amide bonds. The molecule has 0 aliphatic carbocycles. The number of benzene rings is 1. The Bertz CT molecular complexity index is 890. The molecule has 4 nitrogen and oxygen atoms in total. The molecule has 0 aliphatic rings. The van der Waals surface area contributed by atoms with Crippen LogP contribution in [0.25, 0.3) is 10.1 Å². The van der Waals surface area contributed by atoms with E-state index in [1.165, 1.54) is 11.3 Å². The van der Waals surface area contributed by atoms with Crippen molar-refractivity contribution in [3.63, 3.8) is 0 Å². The number of nitrogens with one attached hydrogen (secondary N) is 1. The van der Waals surface area contributed by atoms with E-state index in [-0.39, 0.29) is 5.91 Å². The number of hydrogen-bond acceptors (Lipinski definition) is 4. The van der Waals surface area contributed by atoms with Crippen LogP contribution < -0.4 is 10.1 Å². The second kappa shape index (κ2) is 7.85. The van der Waals surface area contributed by atoms with Gasteiger partial charge in [-0.05, 0) is 43.2 Å². The molecule has 0 spiro atoms. The number of unbranched alkanes of at least 4 members (excludes halogenated alkanes) is 1. The number of halogens is 1. The third kappa shape index (κ3) is 3.94. The molecule has 0 fully saturated rings.